The van der Waals surface area contributed by atoms with E-state index in [9.17, 15) is 4.39 Å². The lowest BCUT2D eigenvalue weighted by Crippen LogP contribution is -2.42. The molecule has 0 amide bonds. The van der Waals surface area contributed by atoms with Crippen LogP contribution in [0.2, 0.25) is 0 Å². The molecular weight excluding hydrogens is 217 g/mol. The fraction of sp³-hybridized carbons (Fsp3) is 0.571. The molecule has 2 atom stereocenters. The van der Waals surface area contributed by atoms with Crippen LogP contribution < -0.4 is 5.32 Å². The summed E-state index contributed by atoms with van der Waals surface area (Å²) < 4.78 is 19.4. The van der Waals surface area contributed by atoms with Crippen LogP contribution in [0.5, 0.6) is 0 Å². The second-order valence-electron chi connectivity index (χ2n) is 4.93. The molecular formula is C14H20FNO. The van der Waals surface area contributed by atoms with Gasteiger partial charge in [-0.2, -0.15) is 0 Å². The summed E-state index contributed by atoms with van der Waals surface area (Å²) in [6.07, 6.45) is 1.85. The minimum atomic E-state index is -0.181. The lowest BCUT2D eigenvalue weighted by atomic mass is 9.95. The van der Waals surface area contributed by atoms with Gasteiger partial charge in [-0.05, 0) is 25.8 Å². The van der Waals surface area contributed by atoms with Gasteiger partial charge >= 0.3 is 0 Å². The van der Waals surface area contributed by atoms with Crippen molar-refractivity contribution in [3.8, 4) is 0 Å². The molecule has 0 saturated carbocycles. The van der Waals surface area contributed by atoms with Crippen LogP contribution in [0, 0.1) is 5.82 Å². The Kier molecular flexibility index (Phi) is 3.79. The van der Waals surface area contributed by atoms with Gasteiger partial charge in [0.25, 0.3) is 0 Å². The van der Waals surface area contributed by atoms with Crippen molar-refractivity contribution in [2.24, 2.45) is 0 Å². The monoisotopic (exact) mass is 237 g/mol. The smallest absolute Gasteiger partial charge is 0.129 e. The Bertz CT molecular complexity index is 382. The molecule has 1 N–H and O–H groups in total. The zero-order valence-corrected chi connectivity index (χ0v) is 10.5. The van der Waals surface area contributed by atoms with Gasteiger partial charge in [0.2, 0.25) is 0 Å². The van der Waals surface area contributed by atoms with Crippen LogP contribution in [-0.2, 0) is 4.74 Å². The van der Waals surface area contributed by atoms with Crippen LogP contribution in [0.25, 0.3) is 0 Å². The Morgan fingerprint density at radius 1 is 1.47 bits per heavy atom. The fourth-order valence-electron chi connectivity index (χ4n) is 2.15. The van der Waals surface area contributed by atoms with Gasteiger partial charge in [0.1, 0.15) is 5.82 Å². The van der Waals surface area contributed by atoms with Crippen LogP contribution in [0.15, 0.2) is 24.3 Å². The number of ether oxygens (including phenoxy) is 1. The third-order valence-electron chi connectivity index (χ3n) is 3.72. The molecule has 1 aliphatic heterocycles. The molecule has 1 saturated heterocycles. The van der Waals surface area contributed by atoms with Gasteiger partial charge in [-0.1, -0.05) is 25.1 Å². The Hall–Kier alpha value is -0.930. The summed E-state index contributed by atoms with van der Waals surface area (Å²) in [5, 5.41) is 3.49. The summed E-state index contributed by atoms with van der Waals surface area (Å²) in [4.78, 5) is 0. The number of hydrogen-bond donors (Lipinski definition) is 1. The van der Waals surface area contributed by atoms with Crippen molar-refractivity contribution in [1.82, 2.24) is 5.32 Å². The van der Waals surface area contributed by atoms with Gasteiger partial charge in [-0.15, -0.1) is 0 Å². The van der Waals surface area contributed by atoms with Crippen molar-refractivity contribution in [1.29, 1.82) is 0 Å². The van der Waals surface area contributed by atoms with E-state index in [2.05, 4.69) is 19.2 Å². The Morgan fingerprint density at radius 2 is 2.24 bits per heavy atom. The molecule has 17 heavy (non-hydrogen) atoms. The molecule has 3 heteroatoms. The quantitative estimate of drug-likeness (QED) is 0.853. The Balaban J connectivity index is 2.12. The highest BCUT2D eigenvalue weighted by Crippen LogP contribution is 2.26. The second-order valence-corrected chi connectivity index (χ2v) is 4.93. The summed E-state index contributed by atoms with van der Waals surface area (Å²) in [7, 11) is 0. The first-order valence-corrected chi connectivity index (χ1v) is 6.26. The van der Waals surface area contributed by atoms with E-state index in [-0.39, 0.29) is 17.5 Å². The first kappa shape index (κ1) is 12.5. The maximum absolute atomic E-state index is 13.7. The number of benzene rings is 1. The fourth-order valence-corrected chi connectivity index (χ4v) is 2.15. The highest BCUT2D eigenvalue weighted by molar-refractivity contribution is 5.20. The zero-order chi connectivity index (χ0) is 12.3. The van der Waals surface area contributed by atoms with Crippen molar-refractivity contribution >= 4 is 0 Å². The molecule has 0 bridgehead atoms. The van der Waals surface area contributed by atoms with Crippen molar-refractivity contribution in [2.75, 3.05) is 13.2 Å². The van der Waals surface area contributed by atoms with Gasteiger partial charge in [0.05, 0.1) is 6.10 Å². The number of halogens is 1. The minimum Gasteiger partial charge on any atom is -0.372 e. The molecule has 0 spiro atoms. The van der Waals surface area contributed by atoms with Crippen LogP contribution in [0.3, 0.4) is 0 Å². The molecule has 1 aromatic carbocycles. The van der Waals surface area contributed by atoms with Gasteiger partial charge < -0.3 is 10.1 Å². The topological polar surface area (TPSA) is 21.3 Å². The highest BCUT2D eigenvalue weighted by Gasteiger charge is 2.28. The van der Waals surface area contributed by atoms with Gasteiger partial charge in [0, 0.05) is 24.3 Å². The van der Waals surface area contributed by atoms with Crippen molar-refractivity contribution in [2.45, 2.75) is 38.3 Å². The van der Waals surface area contributed by atoms with Crippen LogP contribution in [0.1, 0.15) is 38.4 Å². The van der Waals surface area contributed by atoms with Crippen LogP contribution >= 0.6 is 0 Å². The maximum atomic E-state index is 13.7. The number of nitrogens with one attached hydrogen (secondary N) is 1. The van der Waals surface area contributed by atoms with Crippen LogP contribution in [0.4, 0.5) is 4.39 Å². The maximum Gasteiger partial charge on any atom is 0.129 e. The molecule has 1 aromatic rings. The van der Waals surface area contributed by atoms with E-state index in [0.717, 1.165) is 12.8 Å². The molecule has 0 radical (unpaired) electrons. The van der Waals surface area contributed by atoms with Gasteiger partial charge in [0.15, 0.2) is 0 Å². The SMILES string of the molecule is CCC1(C)CCOC(c2ccccc2F)CN1. The zero-order valence-electron chi connectivity index (χ0n) is 10.5. The first-order valence-electron chi connectivity index (χ1n) is 6.26. The van der Waals surface area contributed by atoms with Crippen molar-refractivity contribution < 1.29 is 9.13 Å². The standard InChI is InChI=1S/C14H20FNO/c1-3-14(2)8-9-17-13(10-16-14)11-6-4-5-7-12(11)15/h4-7,13,16H,3,8-10H2,1-2H3. The molecule has 0 aromatic heterocycles. The number of hydrogen-bond acceptors (Lipinski definition) is 2. The van der Waals surface area contributed by atoms with Crippen molar-refractivity contribution in [3.05, 3.63) is 35.6 Å². The summed E-state index contributed by atoms with van der Waals surface area (Å²) >= 11 is 0. The average Bonchev–Trinajstić information content (AvgIpc) is 2.53. The first-order chi connectivity index (χ1) is 8.14. The highest BCUT2D eigenvalue weighted by atomic mass is 19.1. The lowest BCUT2D eigenvalue weighted by molar-refractivity contribution is 0.0629. The molecule has 1 aliphatic rings. The van der Waals surface area contributed by atoms with E-state index in [1.807, 2.05) is 6.07 Å². The predicted molar refractivity (Wildman–Crippen MR) is 66.4 cm³/mol. The third-order valence-corrected chi connectivity index (χ3v) is 3.72. The molecule has 2 nitrogen and oxygen atoms in total. The van der Waals surface area contributed by atoms with E-state index < -0.39 is 0 Å². The van der Waals surface area contributed by atoms with E-state index in [4.69, 9.17) is 4.74 Å². The average molecular weight is 237 g/mol. The molecule has 0 aliphatic carbocycles. The Labute approximate surface area is 102 Å². The summed E-state index contributed by atoms with van der Waals surface area (Å²) in [6, 6.07) is 6.85. The summed E-state index contributed by atoms with van der Waals surface area (Å²) in [5.74, 6) is -0.181. The molecule has 2 rings (SSSR count). The third kappa shape index (κ3) is 2.85. The van der Waals surface area contributed by atoms with Crippen LogP contribution in [-0.4, -0.2) is 18.7 Å². The molecule has 1 heterocycles. The summed E-state index contributed by atoms with van der Waals surface area (Å²) in [5.41, 5.74) is 0.764. The predicted octanol–water partition coefficient (Wildman–Crippen LogP) is 3.05. The molecule has 94 valence electrons. The minimum absolute atomic E-state index is 0.111. The largest absolute Gasteiger partial charge is 0.372 e. The van der Waals surface area contributed by atoms with Crippen molar-refractivity contribution in [3.63, 3.8) is 0 Å². The van der Waals surface area contributed by atoms with E-state index >= 15 is 0 Å². The Morgan fingerprint density at radius 3 is 2.94 bits per heavy atom. The normalized spacial score (nSPS) is 29.9. The second kappa shape index (κ2) is 5.15. The van der Waals surface area contributed by atoms with E-state index in [1.165, 1.54) is 6.07 Å². The summed E-state index contributed by atoms with van der Waals surface area (Å²) in [6.45, 7) is 5.71. The van der Waals surface area contributed by atoms with Gasteiger partial charge in [-0.3, -0.25) is 0 Å². The molecule has 2 unspecified atom stereocenters. The van der Waals surface area contributed by atoms with Gasteiger partial charge in [-0.25, -0.2) is 4.39 Å². The molecule has 1 fully saturated rings. The number of rotatable bonds is 2. The van der Waals surface area contributed by atoms with E-state index in [1.54, 1.807) is 12.1 Å². The van der Waals surface area contributed by atoms with E-state index in [0.29, 0.717) is 18.7 Å². The lowest BCUT2D eigenvalue weighted by Gasteiger charge is -2.27.